The fourth-order valence-electron chi connectivity index (χ4n) is 3.50. The van der Waals surface area contributed by atoms with Crippen molar-refractivity contribution in [1.29, 1.82) is 0 Å². The molecule has 2 aliphatic heterocycles. The number of nitrogens with one attached hydrogen (secondary N) is 2. The molecular weight excluding hydrogens is 264 g/mol. The van der Waals surface area contributed by atoms with Crippen molar-refractivity contribution >= 4 is 11.6 Å². The minimum atomic E-state index is -0.137. The van der Waals surface area contributed by atoms with E-state index in [1.165, 1.54) is 11.1 Å². The normalized spacial score (nSPS) is 26.3. The van der Waals surface area contributed by atoms with E-state index in [1.807, 2.05) is 6.07 Å². The van der Waals surface area contributed by atoms with Crippen LogP contribution in [0.5, 0.6) is 0 Å². The Kier molecular flexibility index (Phi) is 4.00. The van der Waals surface area contributed by atoms with Gasteiger partial charge in [0.15, 0.2) is 0 Å². The molecule has 2 atom stereocenters. The molecule has 0 saturated carbocycles. The zero-order chi connectivity index (χ0) is 14.9. The summed E-state index contributed by atoms with van der Waals surface area (Å²) < 4.78 is 6.04. The molecule has 0 aliphatic carbocycles. The number of fused-ring (bicyclic) bond motifs is 1. The van der Waals surface area contributed by atoms with Gasteiger partial charge in [0.2, 0.25) is 5.91 Å². The molecule has 4 heteroatoms. The van der Waals surface area contributed by atoms with Crippen molar-refractivity contribution in [2.24, 2.45) is 0 Å². The summed E-state index contributed by atoms with van der Waals surface area (Å²) in [5.41, 5.74) is 3.32. The van der Waals surface area contributed by atoms with Crippen LogP contribution in [0.4, 0.5) is 5.69 Å². The molecule has 2 heterocycles. The first-order chi connectivity index (χ1) is 10.1. The summed E-state index contributed by atoms with van der Waals surface area (Å²) in [7, 11) is 0. The average Bonchev–Trinajstić information content (AvgIpc) is 2.92. The maximum atomic E-state index is 11.5. The predicted molar refractivity (Wildman–Crippen MR) is 83.4 cm³/mol. The van der Waals surface area contributed by atoms with E-state index in [-0.39, 0.29) is 17.6 Å². The van der Waals surface area contributed by atoms with E-state index in [0.29, 0.717) is 6.42 Å². The maximum absolute atomic E-state index is 11.5. The number of benzene rings is 1. The molecule has 114 valence electrons. The minimum absolute atomic E-state index is 0.115. The number of likely N-dealkylation sites (N-methyl/N-ethyl adjacent to an activating group) is 1. The Bertz CT molecular complexity index is 536. The second kappa shape index (κ2) is 5.78. The Morgan fingerprint density at radius 2 is 2.29 bits per heavy atom. The van der Waals surface area contributed by atoms with Gasteiger partial charge in [0.25, 0.3) is 0 Å². The molecule has 0 spiro atoms. The molecule has 0 radical (unpaired) electrons. The lowest BCUT2D eigenvalue weighted by atomic mass is 9.86. The molecule has 2 aliphatic rings. The number of aryl methyl sites for hydroxylation is 1. The topological polar surface area (TPSA) is 50.4 Å². The van der Waals surface area contributed by atoms with E-state index in [4.69, 9.17) is 4.74 Å². The molecule has 1 amide bonds. The number of carbonyl (C=O) groups excluding carboxylic acids is 1. The number of rotatable bonds is 4. The molecule has 21 heavy (non-hydrogen) atoms. The molecular formula is C17H24N2O2. The molecule has 2 unspecified atom stereocenters. The summed E-state index contributed by atoms with van der Waals surface area (Å²) in [6.07, 6.45) is 3.61. The van der Waals surface area contributed by atoms with E-state index in [9.17, 15) is 4.79 Å². The van der Waals surface area contributed by atoms with Crippen LogP contribution in [-0.4, -0.2) is 24.7 Å². The van der Waals surface area contributed by atoms with Gasteiger partial charge in [-0.3, -0.25) is 4.79 Å². The third kappa shape index (κ3) is 2.83. The lowest BCUT2D eigenvalue weighted by Gasteiger charge is -2.35. The van der Waals surface area contributed by atoms with Crippen molar-refractivity contribution in [3.63, 3.8) is 0 Å². The zero-order valence-electron chi connectivity index (χ0n) is 12.9. The Hall–Kier alpha value is -1.39. The Balaban J connectivity index is 1.91. The highest BCUT2D eigenvalue weighted by Crippen LogP contribution is 2.38. The average molecular weight is 288 g/mol. The number of anilines is 1. The first-order valence-corrected chi connectivity index (χ1v) is 7.92. The molecule has 4 nitrogen and oxygen atoms in total. The van der Waals surface area contributed by atoms with E-state index in [1.54, 1.807) is 0 Å². The van der Waals surface area contributed by atoms with Crippen molar-refractivity contribution in [1.82, 2.24) is 5.32 Å². The first-order valence-electron chi connectivity index (χ1n) is 7.92. The van der Waals surface area contributed by atoms with Crippen LogP contribution in [0.3, 0.4) is 0 Å². The minimum Gasteiger partial charge on any atom is -0.373 e. The smallest absolute Gasteiger partial charge is 0.224 e. The lowest BCUT2D eigenvalue weighted by molar-refractivity contribution is -0.116. The molecule has 3 rings (SSSR count). The van der Waals surface area contributed by atoms with Gasteiger partial charge in [-0.15, -0.1) is 0 Å². The highest BCUT2D eigenvalue weighted by Gasteiger charge is 2.39. The Labute approximate surface area is 126 Å². The monoisotopic (exact) mass is 288 g/mol. The van der Waals surface area contributed by atoms with Gasteiger partial charge in [-0.2, -0.15) is 0 Å². The van der Waals surface area contributed by atoms with E-state index in [2.05, 4.69) is 36.6 Å². The number of hydrogen-bond acceptors (Lipinski definition) is 3. The van der Waals surface area contributed by atoms with Gasteiger partial charge in [0, 0.05) is 18.7 Å². The highest BCUT2D eigenvalue weighted by molar-refractivity contribution is 5.93. The van der Waals surface area contributed by atoms with Crippen LogP contribution in [0.2, 0.25) is 0 Å². The van der Waals surface area contributed by atoms with Gasteiger partial charge in [-0.1, -0.05) is 19.1 Å². The number of carbonyl (C=O) groups is 1. The largest absolute Gasteiger partial charge is 0.373 e. The van der Waals surface area contributed by atoms with Crippen molar-refractivity contribution in [3.8, 4) is 0 Å². The van der Waals surface area contributed by atoms with Gasteiger partial charge in [0.1, 0.15) is 0 Å². The zero-order valence-corrected chi connectivity index (χ0v) is 12.9. The summed E-state index contributed by atoms with van der Waals surface area (Å²) in [5, 5.41) is 6.53. The van der Waals surface area contributed by atoms with Crippen LogP contribution in [0.15, 0.2) is 18.2 Å². The van der Waals surface area contributed by atoms with Crippen molar-refractivity contribution in [2.45, 2.75) is 51.2 Å². The molecule has 1 saturated heterocycles. The van der Waals surface area contributed by atoms with Crippen LogP contribution < -0.4 is 10.6 Å². The van der Waals surface area contributed by atoms with Crippen LogP contribution >= 0.6 is 0 Å². The first kappa shape index (κ1) is 14.5. The van der Waals surface area contributed by atoms with E-state index in [0.717, 1.165) is 38.1 Å². The van der Waals surface area contributed by atoms with Gasteiger partial charge in [-0.25, -0.2) is 0 Å². The van der Waals surface area contributed by atoms with Crippen LogP contribution in [0.1, 0.15) is 50.3 Å². The predicted octanol–water partition coefficient (Wildman–Crippen LogP) is 2.79. The Morgan fingerprint density at radius 1 is 1.43 bits per heavy atom. The van der Waals surface area contributed by atoms with E-state index < -0.39 is 0 Å². The van der Waals surface area contributed by atoms with Crippen LogP contribution in [0, 0.1) is 0 Å². The summed E-state index contributed by atoms with van der Waals surface area (Å²) in [4.78, 5) is 11.5. The van der Waals surface area contributed by atoms with Crippen LogP contribution in [0.25, 0.3) is 0 Å². The summed E-state index contributed by atoms with van der Waals surface area (Å²) >= 11 is 0. The fourth-order valence-corrected chi connectivity index (χ4v) is 3.50. The summed E-state index contributed by atoms with van der Waals surface area (Å²) in [5.74, 6) is 0.115. The van der Waals surface area contributed by atoms with Gasteiger partial charge >= 0.3 is 0 Å². The van der Waals surface area contributed by atoms with Gasteiger partial charge in [0.05, 0.1) is 11.6 Å². The number of amides is 1. The summed E-state index contributed by atoms with van der Waals surface area (Å²) in [6.45, 7) is 6.09. The fraction of sp³-hybridized carbons (Fsp3) is 0.588. The van der Waals surface area contributed by atoms with Gasteiger partial charge in [-0.05, 0) is 49.9 Å². The second-order valence-electron chi connectivity index (χ2n) is 6.22. The van der Waals surface area contributed by atoms with E-state index >= 15 is 0 Å². The molecule has 0 aromatic heterocycles. The number of hydrogen-bond donors (Lipinski definition) is 2. The summed E-state index contributed by atoms with van der Waals surface area (Å²) in [6, 6.07) is 6.58. The molecule has 1 aromatic rings. The number of ether oxygens (including phenoxy) is 1. The Morgan fingerprint density at radius 3 is 3.00 bits per heavy atom. The molecule has 0 bridgehead atoms. The van der Waals surface area contributed by atoms with Crippen molar-refractivity contribution in [3.05, 3.63) is 29.3 Å². The molecule has 1 aromatic carbocycles. The highest BCUT2D eigenvalue weighted by atomic mass is 16.5. The van der Waals surface area contributed by atoms with Crippen molar-refractivity contribution < 1.29 is 9.53 Å². The molecule has 2 N–H and O–H groups in total. The lowest BCUT2D eigenvalue weighted by Crippen LogP contribution is -2.41. The van der Waals surface area contributed by atoms with Crippen LogP contribution in [-0.2, 0) is 16.0 Å². The molecule has 1 fully saturated rings. The third-order valence-corrected chi connectivity index (χ3v) is 4.63. The third-order valence-electron chi connectivity index (χ3n) is 4.63. The SMILES string of the molecule is CCNC(c1ccc2c(c1)CCC(=O)N2)C1(C)CCCO1. The van der Waals surface area contributed by atoms with Gasteiger partial charge < -0.3 is 15.4 Å². The second-order valence-corrected chi connectivity index (χ2v) is 6.22. The maximum Gasteiger partial charge on any atom is 0.224 e. The standard InChI is InChI=1S/C17H24N2O2/c1-3-18-16(17(2)9-4-10-21-17)13-5-7-14-12(11-13)6-8-15(20)19-14/h5,7,11,16,18H,3-4,6,8-10H2,1-2H3,(H,19,20). The quantitative estimate of drug-likeness (QED) is 0.895. The van der Waals surface area contributed by atoms with Crippen molar-refractivity contribution in [2.75, 3.05) is 18.5 Å².